The molecule has 0 unspecified atom stereocenters. The predicted octanol–water partition coefficient (Wildman–Crippen LogP) is 3.83. The molecule has 4 nitrogen and oxygen atoms in total. The molecule has 0 amide bonds. The summed E-state index contributed by atoms with van der Waals surface area (Å²) >= 11 is 5.02. The molecule has 1 aliphatic rings. The van der Waals surface area contributed by atoms with Gasteiger partial charge in [0.15, 0.2) is 0 Å². The van der Waals surface area contributed by atoms with E-state index in [9.17, 15) is 0 Å². The van der Waals surface area contributed by atoms with Crippen molar-refractivity contribution in [3.63, 3.8) is 0 Å². The number of rotatable bonds is 2. The smallest absolute Gasteiger partial charge is 0.258 e. The molecule has 0 spiro atoms. The number of nitrogens with one attached hydrogen (secondary N) is 1. The summed E-state index contributed by atoms with van der Waals surface area (Å²) in [6, 6.07) is 8.27. The van der Waals surface area contributed by atoms with Gasteiger partial charge in [0.05, 0.1) is 4.88 Å². The lowest BCUT2D eigenvalue weighted by Crippen LogP contribution is -1.99. The largest absolute Gasteiger partial charge is 0.334 e. The monoisotopic (exact) mass is 347 g/mol. The topological polar surface area (TPSA) is 51.0 Å². The van der Waals surface area contributed by atoms with E-state index in [0.29, 0.717) is 11.7 Å². The Hall–Kier alpha value is -1.50. The van der Waals surface area contributed by atoms with Crippen LogP contribution in [0.25, 0.3) is 22.2 Å². The molecule has 0 bridgehead atoms. The first kappa shape index (κ1) is 12.3. The quantitative estimate of drug-likeness (QED) is 0.765. The second-order valence-corrected chi connectivity index (χ2v) is 6.47. The molecule has 0 radical (unpaired) electrons. The van der Waals surface area contributed by atoms with E-state index in [1.54, 1.807) is 11.3 Å². The van der Waals surface area contributed by atoms with Crippen LogP contribution < -0.4 is 5.32 Å². The van der Waals surface area contributed by atoms with Crippen molar-refractivity contribution >= 4 is 27.3 Å². The Morgan fingerprint density at radius 3 is 2.95 bits per heavy atom. The number of benzene rings is 1. The van der Waals surface area contributed by atoms with Gasteiger partial charge in [-0.1, -0.05) is 11.2 Å². The summed E-state index contributed by atoms with van der Waals surface area (Å²) in [5.74, 6) is 1.20. The molecular weight excluding hydrogens is 338 g/mol. The second kappa shape index (κ2) is 4.80. The molecule has 3 heterocycles. The fourth-order valence-electron chi connectivity index (χ4n) is 2.30. The van der Waals surface area contributed by atoms with Gasteiger partial charge in [-0.05, 0) is 45.3 Å². The van der Waals surface area contributed by atoms with Gasteiger partial charge in [0.2, 0.25) is 5.82 Å². The van der Waals surface area contributed by atoms with Crippen molar-refractivity contribution in [1.29, 1.82) is 0 Å². The fourth-order valence-corrected chi connectivity index (χ4v) is 3.65. The highest BCUT2D eigenvalue weighted by atomic mass is 79.9. The Morgan fingerprint density at radius 2 is 2.10 bits per heavy atom. The highest BCUT2D eigenvalue weighted by Gasteiger charge is 2.15. The molecule has 1 aliphatic heterocycles. The molecule has 0 atom stereocenters. The van der Waals surface area contributed by atoms with E-state index < -0.39 is 0 Å². The summed E-state index contributed by atoms with van der Waals surface area (Å²) in [4.78, 5) is 5.48. The summed E-state index contributed by atoms with van der Waals surface area (Å²) in [5.41, 5.74) is 3.62. The third-order valence-electron chi connectivity index (χ3n) is 3.30. The predicted molar refractivity (Wildman–Crippen MR) is 81.3 cm³/mol. The molecule has 100 valence electrons. The number of thiophene rings is 1. The summed E-state index contributed by atoms with van der Waals surface area (Å²) in [7, 11) is 0. The van der Waals surface area contributed by atoms with E-state index >= 15 is 0 Å². The lowest BCUT2D eigenvalue weighted by Gasteiger charge is -1.99. The average Bonchev–Trinajstić information content (AvgIpc) is 3.17. The molecular formula is C14H10BrN3OS. The molecule has 2 aromatic heterocycles. The standard InChI is InChI=1S/C14H10BrN3OS/c15-11-4-12(20-7-11)13-17-14(19-18-13)8-1-2-9-5-16-6-10(9)3-8/h1-4,7,16H,5-6H2. The van der Waals surface area contributed by atoms with E-state index in [4.69, 9.17) is 4.52 Å². The minimum atomic E-state index is 0.569. The van der Waals surface area contributed by atoms with Crippen LogP contribution in [0.15, 0.2) is 38.6 Å². The first-order valence-electron chi connectivity index (χ1n) is 6.20. The summed E-state index contributed by atoms with van der Waals surface area (Å²) in [6.07, 6.45) is 0. The first-order valence-corrected chi connectivity index (χ1v) is 7.88. The summed E-state index contributed by atoms with van der Waals surface area (Å²) in [6.45, 7) is 1.84. The molecule has 0 saturated heterocycles. The zero-order chi connectivity index (χ0) is 13.5. The molecule has 0 fully saturated rings. The lowest BCUT2D eigenvalue weighted by atomic mass is 10.1. The van der Waals surface area contributed by atoms with E-state index in [2.05, 4.69) is 43.5 Å². The Kier molecular flexibility index (Phi) is 2.94. The van der Waals surface area contributed by atoms with Crippen LogP contribution in [0.1, 0.15) is 11.1 Å². The van der Waals surface area contributed by atoms with E-state index in [-0.39, 0.29) is 0 Å². The molecule has 3 aromatic rings. The van der Waals surface area contributed by atoms with Gasteiger partial charge in [-0.3, -0.25) is 0 Å². The van der Waals surface area contributed by atoms with Crippen molar-refractivity contribution in [2.24, 2.45) is 0 Å². The van der Waals surface area contributed by atoms with Gasteiger partial charge < -0.3 is 9.84 Å². The second-order valence-electron chi connectivity index (χ2n) is 4.64. The summed E-state index contributed by atoms with van der Waals surface area (Å²) < 4.78 is 6.42. The van der Waals surface area contributed by atoms with Crippen molar-refractivity contribution in [1.82, 2.24) is 15.5 Å². The molecule has 20 heavy (non-hydrogen) atoms. The Morgan fingerprint density at radius 1 is 1.20 bits per heavy atom. The number of hydrogen-bond donors (Lipinski definition) is 1. The van der Waals surface area contributed by atoms with Crippen molar-refractivity contribution in [2.75, 3.05) is 0 Å². The fraction of sp³-hybridized carbons (Fsp3) is 0.143. The van der Waals surface area contributed by atoms with Gasteiger partial charge in [-0.25, -0.2) is 0 Å². The van der Waals surface area contributed by atoms with Gasteiger partial charge in [0.25, 0.3) is 5.89 Å². The first-order chi connectivity index (χ1) is 9.79. The van der Waals surface area contributed by atoms with Crippen LogP contribution in [-0.2, 0) is 13.1 Å². The van der Waals surface area contributed by atoms with E-state index in [1.807, 2.05) is 17.5 Å². The molecule has 4 rings (SSSR count). The SMILES string of the molecule is Brc1csc(-c2noc(-c3ccc4c(c3)CNC4)n2)c1. The third-order valence-corrected chi connectivity index (χ3v) is 4.99. The van der Waals surface area contributed by atoms with Crippen LogP contribution >= 0.6 is 27.3 Å². The van der Waals surface area contributed by atoms with Crippen molar-refractivity contribution in [2.45, 2.75) is 13.1 Å². The van der Waals surface area contributed by atoms with Crippen LogP contribution in [-0.4, -0.2) is 10.1 Å². The Bertz CT molecular complexity index is 780. The van der Waals surface area contributed by atoms with Crippen LogP contribution in [0.4, 0.5) is 0 Å². The number of hydrogen-bond acceptors (Lipinski definition) is 5. The molecule has 0 aliphatic carbocycles. The van der Waals surface area contributed by atoms with Gasteiger partial charge in [-0.15, -0.1) is 11.3 Å². The third kappa shape index (κ3) is 2.09. The Balaban J connectivity index is 1.71. The van der Waals surface area contributed by atoms with Crippen molar-refractivity contribution in [3.05, 3.63) is 45.2 Å². The van der Waals surface area contributed by atoms with Crippen LogP contribution in [0.3, 0.4) is 0 Å². The van der Waals surface area contributed by atoms with Crippen LogP contribution in [0.5, 0.6) is 0 Å². The number of fused-ring (bicyclic) bond motifs is 1. The maximum atomic E-state index is 5.38. The maximum absolute atomic E-state index is 5.38. The number of nitrogens with zero attached hydrogens (tertiary/aromatic N) is 2. The van der Waals surface area contributed by atoms with Gasteiger partial charge in [0, 0.05) is 28.5 Å². The zero-order valence-corrected chi connectivity index (χ0v) is 12.8. The van der Waals surface area contributed by atoms with Crippen molar-refractivity contribution < 1.29 is 4.52 Å². The van der Waals surface area contributed by atoms with Crippen LogP contribution in [0.2, 0.25) is 0 Å². The van der Waals surface area contributed by atoms with E-state index in [0.717, 1.165) is 28.0 Å². The molecule has 6 heteroatoms. The van der Waals surface area contributed by atoms with Crippen LogP contribution in [0, 0.1) is 0 Å². The number of aromatic nitrogens is 2. The lowest BCUT2D eigenvalue weighted by molar-refractivity contribution is 0.432. The number of halogens is 1. The summed E-state index contributed by atoms with van der Waals surface area (Å²) in [5, 5.41) is 9.39. The highest BCUT2D eigenvalue weighted by molar-refractivity contribution is 9.10. The normalized spacial score (nSPS) is 13.7. The average molecular weight is 348 g/mol. The minimum absolute atomic E-state index is 0.569. The van der Waals surface area contributed by atoms with Gasteiger partial charge >= 0.3 is 0 Å². The molecule has 1 aromatic carbocycles. The minimum Gasteiger partial charge on any atom is -0.334 e. The zero-order valence-electron chi connectivity index (χ0n) is 10.4. The maximum Gasteiger partial charge on any atom is 0.258 e. The van der Waals surface area contributed by atoms with Crippen molar-refractivity contribution in [3.8, 4) is 22.2 Å². The van der Waals surface area contributed by atoms with Gasteiger partial charge in [0.1, 0.15) is 0 Å². The van der Waals surface area contributed by atoms with Gasteiger partial charge in [-0.2, -0.15) is 4.98 Å². The highest BCUT2D eigenvalue weighted by Crippen LogP contribution is 2.30. The molecule has 1 N–H and O–H groups in total. The van der Waals surface area contributed by atoms with E-state index in [1.165, 1.54) is 11.1 Å². The molecule has 0 saturated carbocycles. The Labute approximate surface area is 128 Å².